The van der Waals surface area contributed by atoms with Crippen LogP contribution in [0.25, 0.3) is 0 Å². The molecule has 1 unspecified atom stereocenters. The highest BCUT2D eigenvalue weighted by Gasteiger charge is 2.15. The van der Waals surface area contributed by atoms with Crippen molar-refractivity contribution >= 4 is 17.5 Å². The van der Waals surface area contributed by atoms with Gasteiger partial charge in [-0.15, -0.1) is 0 Å². The Morgan fingerprint density at radius 3 is 2.80 bits per heavy atom. The number of primary amides is 1. The highest BCUT2D eigenvalue weighted by molar-refractivity contribution is 6.02. The number of hydrogen-bond donors (Lipinski definition) is 3. The summed E-state index contributed by atoms with van der Waals surface area (Å²) < 4.78 is 0. The Hall–Kier alpha value is -1.88. The number of hydrogen-bond acceptors (Lipinski definition) is 3. The van der Waals surface area contributed by atoms with Crippen LogP contribution in [0.1, 0.15) is 42.5 Å². The van der Waals surface area contributed by atoms with Crippen molar-refractivity contribution in [3.05, 3.63) is 29.8 Å². The van der Waals surface area contributed by atoms with Crippen LogP contribution in [0.5, 0.6) is 0 Å². The average Bonchev–Trinajstić information content (AvgIpc) is 2.46. The van der Waals surface area contributed by atoms with Gasteiger partial charge < -0.3 is 16.4 Å². The van der Waals surface area contributed by atoms with E-state index in [2.05, 4.69) is 10.6 Å². The lowest BCUT2D eigenvalue weighted by Crippen LogP contribution is -2.34. The van der Waals surface area contributed by atoms with E-state index in [0.29, 0.717) is 23.7 Å². The molecule has 0 radical (unpaired) electrons. The molecule has 1 aromatic rings. The lowest BCUT2D eigenvalue weighted by atomic mass is 10.0. The van der Waals surface area contributed by atoms with Gasteiger partial charge in [0.1, 0.15) is 0 Å². The smallest absolute Gasteiger partial charge is 0.250 e. The number of rotatable bonds is 5. The molecule has 5 nitrogen and oxygen atoms in total. The van der Waals surface area contributed by atoms with E-state index in [4.69, 9.17) is 5.73 Å². The second kappa shape index (κ2) is 7.05. The Morgan fingerprint density at radius 2 is 2.10 bits per heavy atom. The minimum Gasteiger partial charge on any atom is -0.366 e. The van der Waals surface area contributed by atoms with Gasteiger partial charge in [0.15, 0.2) is 0 Å². The molecule has 2 amide bonds. The van der Waals surface area contributed by atoms with E-state index in [1.807, 2.05) is 0 Å². The van der Waals surface area contributed by atoms with E-state index in [9.17, 15) is 9.59 Å². The summed E-state index contributed by atoms with van der Waals surface area (Å²) in [6, 6.07) is 7.23. The number of anilines is 1. The van der Waals surface area contributed by atoms with Gasteiger partial charge in [-0.3, -0.25) is 9.59 Å². The first-order chi connectivity index (χ1) is 9.66. The van der Waals surface area contributed by atoms with Crippen LogP contribution in [0.3, 0.4) is 0 Å². The zero-order valence-electron chi connectivity index (χ0n) is 11.5. The van der Waals surface area contributed by atoms with E-state index in [0.717, 1.165) is 19.4 Å². The maximum absolute atomic E-state index is 11.9. The topological polar surface area (TPSA) is 84.2 Å². The summed E-state index contributed by atoms with van der Waals surface area (Å²) in [6.45, 7) is 1.04. The van der Waals surface area contributed by atoms with Crippen LogP contribution in [0.2, 0.25) is 0 Å². The van der Waals surface area contributed by atoms with Crippen molar-refractivity contribution in [2.45, 2.75) is 38.1 Å². The molecule has 0 aliphatic carbocycles. The Bertz CT molecular complexity index is 482. The molecule has 0 bridgehead atoms. The quantitative estimate of drug-likeness (QED) is 0.764. The molecule has 108 valence electrons. The second-order valence-electron chi connectivity index (χ2n) is 5.14. The van der Waals surface area contributed by atoms with Crippen LogP contribution < -0.4 is 16.4 Å². The minimum atomic E-state index is -0.533. The molecule has 0 aromatic heterocycles. The van der Waals surface area contributed by atoms with Gasteiger partial charge in [0.25, 0.3) is 5.91 Å². The fourth-order valence-electron chi connectivity index (χ4n) is 2.50. The summed E-state index contributed by atoms with van der Waals surface area (Å²) >= 11 is 0. The normalized spacial score (nSPS) is 18.5. The third-order valence-corrected chi connectivity index (χ3v) is 3.60. The first-order valence-corrected chi connectivity index (χ1v) is 7.09. The molecule has 0 spiro atoms. The van der Waals surface area contributed by atoms with Gasteiger partial charge in [-0.2, -0.15) is 0 Å². The molecular weight excluding hydrogens is 254 g/mol. The lowest BCUT2D eigenvalue weighted by molar-refractivity contribution is -0.116. The zero-order chi connectivity index (χ0) is 14.4. The van der Waals surface area contributed by atoms with Gasteiger partial charge in [0.05, 0.1) is 11.3 Å². The molecule has 1 aliphatic heterocycles. The molecule has 1 aliphatic rings. The summed E-state index contributed by atoms with van der Waals surface area (Å²) in [5.41, 5.74) is 6.11. The fraction of sp³-hybridized carbons (Fsp3) is 0.467. The summed E-state index contributed by atoms with van der Waals surface area (Å²) in [7, 11) is 0. The Labute approximate surface area is 118 Å². The number of piperidine rings is 1. The Morgan fingerprint density at radius 1 is 1.30 bits per heavy atom. The largest absolute Gasteiger partial charge is 0.366 e. The van der Waals surface area contributed by atoms with Crippen LogP contribution in [-0.4, -0.2) is 24.4 Å². The highest BCUT2D eigenvalue weighted by Crippen LogP contribution is 2.16. The van der Waals surface area contributed by atoms with E-state index < -0.39 is 5.91 Å². The number of para-hydroxylation sites is 1. The van der Waals surface area contributed by atoms with Gasteiger partial charge in [-0.1, -0.05) is 18.6 Å². The Balaban J connectivity index is 1.86. The number of carbonyl (C=O) groups excluding carboxylic acids is 2. The number of carbonyl (C=O) groups is 2. The van der Waals surface area contributed by atoms with Crippen molar-refractivity contribution in [1.82, 2.24) is 5.32 Å². The van der Waals surface area contributed by atoms with Gasteiger partial charge >= 0.3 is 0 Å². The maximum Gasteiger partial charge on any atom is 0.250 e. The van der Waals surface area contributed by atoms with E-state index >= 15 is 0 Å². The zero-order valence-corrected chi connectivity index (χ0v) is 11.5. The summed E-state index contributed by atoms with van der Waals surface area (Å²) in [5.74, 6) is -0.610. The van der Waals surface area contributed by atoms with E-state index in [-0.39, 0.29) is 5.91 Å². The molecule has 2 rings (SSSR count). The third kappa shape index (κ3) is 4.06. The first kappa shape index (κ1) is 14.5. The number of amides is 2. The SMILES string of the molecule is NC(=O)c1ccccc1NC(=O)CCC1CCCCN1. The van der Waals surface area contributed by atoms with Gasteiger partial charge in [-0.25, -0.2) is 0 Å². The van der Waals surface area contributed by atoms with Gasteiger partial charge in [0.2, 0.25) is 5.91 Å². The summed E-state index contributed by atoms with van der Waals surface area (Å²) in [6.07, 6.45) is 4.85. The molecule has 1 saturated heterocycles. The first-order valence-electron chi connectivity index (χ1n) is 7.09. The van der Waals surface area contributed by atoms with Crippen molar-refractivity contribution in [2.24, 2.45) is 5.73 Å². The van der Waals surface area contributed by atoms with Crippen LogP contribution in [0.4, 0.5) is 5.69 Å². The predicted octanol–water partition coefficient (Wildman–Crippen LogP) is 1.65. The summed E-state index contributed by atoms with van der Waals surface area (Å²) in [4.78, 5) is 23.2. The van der Waals surface area contributed by atoms with Crippen LogP contribution in [-0.2, 0) is 4.79 Å². The molecule has 5 heteroatoms. The van der Waals surface area contributed by atoms with Crippen LogP contribution in [0.15, 0.2) is 24.3 Å². The second-order valence-corrected chi connectivity index (χ2v) is 5.14. The predicted molar refractivity (Wildman–Crippen MR) is 78.5 cm³/mol. The molecule has 1 aromatic carbocycles. The number of nitrogens with one attached hydrogen (secondary N) is 2. The maximum atomic E-state index is 11.9. The number of nitrogens with two attached hydrogens (primary N) is 1. The fourth-order valence-corrected chi connectivity index (χ4v) is 2.50. The molecule has 20 heavy (non-hydrogen) atoms. The van der Waals surface area contributed by atoms with Crippen molar-refractivity contribution in [1.29, 1.82) is 0 Å². The van der Waals surface area contributed by atoms with E-state index in [1.54, 1.807) is 24.3 Å². The molecule has 1 heterocycles. The van der Waals surface area contributed by atoms with Gasteiger partial charge in [0, 0.05) is 12.5 Å². The standard InChI is InChI=1S/C15H21N3O2/c16-15(20)12-6-1-2-7-13(12)18-14(19)9-8-11-5-3-4-10-17-11/h1-2,6-7,11,17H,3-5,8-10H2,(H2,16,20)(H,18,19). The molecule has 1 fully saturated rings. The third-order valence-electron chi connectivity index (χ3n) is 3.60. The molecule has 0 saturated carbocycles. The minimum absolute atomic E-state index is 0.0777. The highest BCUT2D eigenvalue weighted by atomic mass is 16.2. The molecular formula is C15H21N3O2. The Kier molecular flexibility index (Phi) is 5.12. The average molecular weight is 275 g/mol. The van der Waals surface area contributed by atoms with Crippen molar-refractivity contribution in [3.8, 4) is 0 Å². The van der Waals surface area contributed by atoms with Crippen LogP contribution in [0, 0.1) is 0 Å². The van der Waals surface area contributed by atoms with Crippen molar-refractivity contribution in [3.63, 3.8) is 0 Å². The van der Waals surface area contributed by atoms with E-state index in [1.165, 1.54) is 12.8 Å². The monoisotopic (exact) mass is 275 g/mol. The van der Waals surface area contributed by atoms with Crippen LogP contribution >= 0.6 is 0 Å². The lowest BCUT2D eigenvalue weighted by Gasteiger charge is -2.23. The number of benzene rings is 1. The molecule has 4 N–H and O–H groups in total. The van der Waals surface area contributed by atoms with Crippen molar-refractivity contribution < 1.29 is 9.59 Å². The van der Waals surface area contributed by atoms with Crippen molar-refractivity contribution in [2.75, 3.05) is 11.9 Å². The van der Waals surface area contributed by atoms with Gasteiger partial charge in [-0.05, 0) is 37.9 Å². The summed E-state index contributed by atoms with van der Waals surface area (Å²) in [5, 5.41) is 6.18. The molecule has 1 atom stereocenters.